The van der Waals surface area contributed by atoms with E-state index in [1.807, 2.05) is 0 Å². The monoisotopic (exact) mass is 187 g/mol. The topological polar surface area (TPSA) is 77.8 Å². The molecule has 0 amide bonds. The predicted octanol–water partition coefficient (Wildman–Crippen LogP) is -5.00. The fourth-order valence-electron chi connectivity index (χ4n) is 0. The fraction of sp³-hybridized carbons (Fsp3) is 0. The van der Waals surface area contributed by atoms with Crippen molar-refractivity contribution in [1.29, 1.82) is 0 Å². The molecule has 0 aromatic carbocycles. The van der Waals surface area contributed by atoms with Crippen LogP contribution in [0.1, 0.15) is 1.43 Å². The van der Waals surface area contributed by atoms with E-state index >= 15 is 0 Å². The fourth-order valence-corrected chi connectivity index (χ4v) is 0. The summed E-state index contributed by atoms with van der Waals surface area (Å²) in [5.41, 5.74) is 0. The third kappa shape index (κ3) is 109. The average molecular weight is 187 g/mol. The zero-order valence-electron chi connectivity index (χ0n) is 4.64. The molecule has 0 aliphatic carbocycles. The maximum Gasteiger partial charge on any atom is 1.00 e. The third-order valence-electron chi connectivity index (χ3n) is 0. The number of rotatable bonds is 0. The molecular formula is H7AlLiO4PV. The molecule has 1 radical (unpaired) electrons. The Hall–Kier alpha value is 1.82. The maximum atomic E-state index is 8.88. The van der Waals surface area contributed by atoms with Crippen LogP contribution in [0.5, 0.6) is 0 Å². The standard InChI is InChI=1S/Al.Li.H3O4P.V.4H/c;;1-5(2,3)4;;;;;/h;;(H3,1,2,3,4);;;;;/q;+1;;;;;;-1. The van der Waals surface area contributed by atoms with Gasteiger partial charge >= 0.3 is 26.7 Å². The molecule has 0 saturated carbocycles. The Morgan fingerprint density at radius 1 is 1.25 bits per heavy atom. The van der Waals surface area contributed by atoms with Gasteiger partial charge in [-0.1, -0.05) is 0 Å². The molecule has 0 bridgehead atoms. The molecule has 0 spiro atoms. The smallest absolute Gasteiger partial charge is 1.00 e. The minimum Gasteiger partial charge on any atom is -1.00 e. The summed E-state index contributed by atoms with van der Waals surface area (Å²) in [5, 5.41) is 0. The van der Waals surface area contributed by atoms with E-state index in [9.17, 15) is 0 Å². The molecule has 0 aliphatic heterocycles. The zero-order valence-corrected chi connectivity index (χ0v) is 5.94. The van der Waals surface area contributed by atoms with Gasteiger partial charge in [0.1, 0.15) is 0 Å². The molecule has 0 unspecified atom stereocenters. The van der Waals surface area contributed by atoms with E-state index in [1.54, 1.807) is 0 Å². The molecule has 0 aliphatic rings. The van der Waals surface area contributed by atoms with Crippen LogP contribution in [0, 0.1) is 0 Å². The van der Waals surface area contributed by atoms with Crippen molar-refractivity contribution in [2.75, 3.05) is 0 Å². The minimum absolute atomic E-state index is 0. The Labute approximate surface area is 83.0 Å². The summed E-state index contributed by atoms with van der Waals surface area (Å²) >= 11 is 0. The Bertz CT molecular complexity index is 66.7. The van der Waals surface area contributed by atoms with E-state index in [1.165, 1.54) is 0 Å². The van der Waals surface area contributed by atoms with Crippen molar-refractivity contribution in [2.45, 2.75) is 0 Å². The first-order valence-corrected chi connectivity index (χ1v) is 2.35. The van der Waals surface area contributed by atoms with Gasteiger partial charge in [0.05, 0.1) is 0 Å². The first-order valence-electron chi connectivity index (χ1n) is 0.783. The van der Waals surface area contributed by atoms with Crippen LogP contribution in [-0.2, 0) is 23.1 Å². The van der Waals surface area contributed by atoms with Crippen molar-refractivity contribution >= 4 is 25.2 Å². The summed E-state index contributed by atoms with van der Waals surface area (Å²) in [6, 6.07) is 0. The molecule has 3 N–H and O–H groups in total. The average Bonchev–Trinajstić information content (AvgIpc) is 0.722. The van der Waals surface area contributed by atoms with Gasteiger partial charge in [0.25, 0.3) is 0 Å². The second-order valence-electron chi connectivity index (χ2n) is 0.513. The first-order chi connectivity index (χ1) is 2.00. The molecule has 0 atom stereocenters. The third-order valence-corrected chi connectivity index (χ3v) is 0. The second-order valence-corrected chi connectivity index (χ2v) is 1.54. The van der Waals surface area contributed by atoms with Crippen LogP contribution >= 0.6 is 7.82 Å². The van der Waals surface area contributed by atoms with Gasteiger partial charge < -0.3 is 16.1 Å². The number of hydrogen-bond acceptors (Lipinski definition) is 1. The van der Waals surface area contributed by atoms with E-state index in [2.05, 4.69) is 0 Å². The maximum absolute atomic E-state index is 8.88. The van der Waals surface area contributed by atoms with Gasteiger partial charge in [0.2, 0.25) is 0 Å². The molecule has 45 valence electrons. The van der Waals surface area contributed by atoms with E-state index in [0.29, 0.717) is 0 Å². The molecule has 0 aromatic heterocycles. The predicted molar refractivity (Wildman–Crippen MR) is 25.3 cm³/mol. The van der Waals surface area contributed by atoms with Crippen molar-refractivity contribution in [2.24, 2.45) is 0 Å². The second kappa shape index (κ2) is 8.82. The molecule has 0 heterocycles. The first kappa shape index (κ1) is 22.6. The van der Waals surface area contributed by atoms with Gasteiger partial charge in [0, 0.05) is 18.6 Å². The van der Waals surface area contributed by atoms with Crippen LogP contribution in [0.15, 0.2) is 0 Å². The van der Waals surface area contributed by atoms with Crippen molar-refractivity contribution < 1.29 is 58.1 Å². The van der Waals surface area contributed by atoms with E-state index in [4.69, 9.17) is 19.2 Å². The van der Waals surface area contributed by atoms with Crippen LogP contribution in [0.2, 0.25) is 0 Å². The normalized spacial score (nSPS) is 7.38. The molecule has 0 saturated heterocycles. The van der Waals surface area contributed by atoms with Gasteiger partial charge in [-0.2, -0.15) is 0 Å². The molecule has 0 fully saturated rings. The van der Waals surface area contributed by atoms with Crippen molar-refractivity contribution in [3.05, 3.63) is 0 Å². The summed E-state index contributed by atoms with van der Waals surface area (Å²) in [7, 11) is -4.64. The summed E-state index contributed by atoms with van der Waals surface area (Å²) < 4.78 is 8.88. The van der Waals surface area contributed by atoms with Crippen LogP contribution in [-0.4, -0.2) is 32.0 Å². The molecule has 4 nitrogen and oxygen atoms in total. The van der Waals surface area contributed by atoms with Crippen LogP contribution in [0.3, 0.4) is 0 Å². The van der Waals surface area contributed by atoms with Gasteiger partial charge in [-0.15, -0.1) is 0 Å². The van der Waals surface area contributed by atoms with Crippen molar-refractivity contribution in [1.82, 2.24) is 0 Å². The summed E-state index contributed by atoms with van der Waals surface area (Å²) in [6.45, 7) is 0. The van der Waals surface area contributed by atoms with Crippen molar-refractivity contribution in [3.8, 4) is 0 Å². The van der Waals surface area contributed by atoms with Crippen LogP contribution in [0.25, 0.3) is 0 Å². The molecule has 0 aromatic rings. The zero-order chi connectivity index (χ0) is 4.50. The van der Waals surface area contributed by atoms with Gasteiger partial charge in [-0.25, -0.2) is 4.57 Å². The summed E-state index contributed by atoms with van der Waals surface area (Å²) in [6.07, 6.45) is 0. The van der Waals surface area contributed by atoms with Gasteiger partial charge in [-0.05, 0) is 0 Å². The summed E-state index contributed by atoms with van der Waals surface area (Å²) in [4.78, 5) is 21.6. The molecular weight excluding hydrogens is 180 g/mol. The Kier molecular flexibility index (Phi) is 24.9. The van der Waals surface area contributed by atoms with Crippen molar-refractivity contribution in [3.63, 3.8) is 0 Å². The van der Waals surface area contributed by atoms with Gasteiger partial charge in [-0.3, -0.25) is 0 Å². The van der Waals surface area contributed by atoms with E-state index < -0.39 is 7.82 Å². The SMILES string of the molecule is O=P(O)(O)O.[AlH3].[H-].[Li+].[V]. The van der Waals surface area contributed by atoms with E-state index in [-0.39, 0.29) is 56.2 Å². The molecule has 8 heavy (non-hydrogen) atoms. The van der Waals surface area contributed by atoms with Crippen LogP contribution in [0.4, 0.5) is 0 Å². The van der Waals surface area contributed by atoms with Gasteiger partial charge in [0.15, 0.2) is 17.4 Å². The number of hydrogen-bond donors (Lipinski definition) is 3. The largest absolute Gasteiger partial charge is 1.00 e. The number of phosphoric acid groups is 1. The quantitative estimate of drug-likeness (QED) is 0.262. The molecule has 0 rings (SSSR count). The van der Waals surface area contributed by atoms with E-state index in [0.717, 1.165) is 0 Å². The molecule has 8 heteroatoms. The Morgan fingerprint density at radius 3 is 1.25 bits per heavy atom. The van der Waals surface area contributed by atoms with Crippen LogP contribution < -0.4 is 18.9 Å². The Balaban J connectivity index is -0.0000000133. The Morgan fingerprint density at radius 2 is 1.25 bits per heavy atom. The minimum atomic E-state index is -4.64. The summed E-state index contributed by atoms with van der Waals surface area (Å²) in [5.74, 6) is 0.